The maximum atomic E-state index is 12.3. The summed E-state index contributed by atoms with van der Waals surface area (Å²) in [6.45, 7) is 9.02. The number of piperazine rings is 1. The number of fused-ring (bicyclic) bond motifs is 1. The van der Waals surface area contributed by atoms with Crippen LogP contribution in [0.2, 0.25) is 0 Å². The molecule has 1 amide bonds. The average Bonchev–Trinajstić information content (AvgIpc) is 3.35. The van der Waals surface area contributed by atoms with E-state index in [0.29, 0.717) is 26.2 Å². The van der Waals surface area contributed by atoms with E-state index in [9.17, 15) is 4.79 Å². The number of ether oxygens (including phenoxy) is 1. The fourth-order valence-corrected chi connectivity index (χ4v) is 3.58. The van der Waals surface area contributed by atoms with E-state index < -0.39 is 5.60 Å². The Labute approximate surface area is 193 Å². The summed E-state index contributed by atoms with van der Waals surface area (Å²) < 4.78 is 5.50. The molecule has 2 aromatic rings. The molecule has 2 N–H and O–H groups in total. The van der Waals surface area contributed by atoms with Gasteiger partial charge in [-0.25, -0.2) is 9.78 Å². The van der Waals surface area contributed by atoms with Crippen molar-refractivity contribution in [3.05, 3.63) is 36.2 Å². The lowest BCUT2D eigenvalue weighted by molar-refractivity contribution is 0.0137. The summed E-state index contributed by atoms with van der Waals surface area (Å²) >= 11 is 0. The molecule has 2 aliphatic heterocycles. The maximum Gasteiger partial charge on any atom is 0.410 e. The van der Waals surface area contributed by atoms with E-state index in [-0.39, 0.29) is 36.1 Å². The molecule has 0 aliphatic carbocycles. The first-order valence-corrected chi connectivity index (χ1v) is 9.86. The Morgan fingerprint density at radius 3 is 2.90 bits per heavy atom. The first-order valence-electron chi connectivity index (χ1n) is 9.86. The zero-order valence-corrected chi connectivity index (χ0v) is 19.8. The van der Waals surface area contributed by atoms with Crippen molar-refractivity contribution in [1.82, 2.24) is 30.3 Å². The third-order valence-corrected chi connectivity index (χ3v) is 4.92. The lowest BCUT2D eigenvalue weighted by Crippen LogP contribution is -2.57. The van der Waals surface area contributed by atoms with Crippen molar-refractivity contribution in [2.75, 3.05) is 26.2 Å². The van der Waals surface area contributed by atoms with E-state index >= 15 is 0 Å². The molecule has 30 heavy (non-hydrogen) atoms. The Hall–Kier alpha value is -2.37. The smallest absolute Gasteiger partial charge is 0.410 e. The number of hydrogen-bond donors (Lipinski definition) is 2. The van der Waals surface area contributed by atoms with Gasteiger partial charge in [0, 0.05) is 31.7 Å². The number of aliphatic imine (C=N–C) groups is 1. The number of guanidine groups is 1. The molecule has 1 unspecified atom stereocenters. The van der Waals surface area contributed by atoms with Gasteiger partial charge in [-0.1, -0.05) is 18.2 Å². The molecule has 1 fully saturated rings. The highest BCUT2D eigenvalue weighted by Crippen LogP contribution is 2.19. The van der Waals surface area contributed by atoms with Crippen LogP contribution in [0, 0.1) is 0 Å². The molecule has 2 aliphatic rings. The number of nitrogens with one attached hydrogen (secondary N) is 2. The van der Waals surface area contributed by atoms with Gasteiger partial charge in [-0.3, -0.25) is 10.1 Å². The van der Waals surface area contributed by atoms with Crippen LogP contribution in [-0.2, 0) is 11.3 Å². The summed E-state index contributed by atoms with van der Waals surface area (Å²) in [5.74, 6) is 1.65. The van der Waals surface area contributed by atoms with Crippen LogP contribution in [0.3, 0.4) is 0 Å². The van der Waals surface area contributed by atoms with Crippen LogP contribution in [0.4, 0.5) is 4.79 Å². The van der Waals surface area contributed by atoms with Gasteiger partial charge in [-0.05, 0) is 32.4 Å². The highest BCUT2D eigenvalue weighted by Gasteiger charge is 2.36. The second kappa shape index (κ2) is 9.19. The fourth-order valence-electron chi connectivity index (χ4n) is 3.58. The molecule has 0 radical (unpaired) electrons. The standard InChI is InChI=1S/C20H27N7O2.HI/c1-20(2,3)29-19(28)26-7-8-27-16(12-26)11-22-18(27)21-10-14-5-4-6-15(9-14)17-23-13-24-25-17;/h4-6,9,13,16H,7-8,10-12H2,1-3H3,(H,21,22)(H,23,24,25);1H. The van der Waals surface area contributed by atoms with Crippen molar-refractivity contribution in [1.29, 1.82) is 0 Å². The second-order valence-electron chi connectivity index (χ2n) is 8.33. The Bertz CT molecular complexity index is 895. The second-order valence-corrected chi connectivity index (χ2v) is 8.33. The minimum absolute atomic E-state index is 0. The number of rotatable bonds is 3. The Morgan fingerprint density at radius 2 is 2.17 bits per heavy atom. The highest BCUT2D eigenvalue weighted by molar-refractivity contribution is 14.0. The molecule has 0 saturated carbocycles. The van der Waals surface area contributed by atoms with Crippen LogP contribution in [0.1, 0.15) is 26.3 Å². The molecule has 0 bridgehead atoms. The number of H-pyrrole nitrogens is 1. The summed E-state index contributed by atoms with van der Waals surface area (Å²) in [5.41, 5.74) is 1.66. The van der Waals surface area contributed by atoms with Crippen LogP contribution in [0.25, 0.3) is 11.4 Å². The van der Waals surface area contributed by atoms with E-state index in [2.05, 4.69) is 42.5 Å². The number of halogens is 1. The first-order chi connectivity index (χ1) is 13.9. The van der Waals surface area contributed by atoms with Gasteiger partial charge in [0.15, 0.2) is 11.8 Å². The number of hydrogen-bond acceptors (Lipinski definition) is 7. The quantitative estimate of drug-likeness (QED) is 0.598. The molecular formula is C20H28IN7O2. The topological polar surface area (TPSA) is 98.7 Å². The lowest BCUT2D eigenvalue weighted by atomic mass is 10.1. The third-order valence-electron chi connectivity index (χ3n) is 4.92. The highest BCUT2D eigenvalue weighted by atomic mass is 127. The zero-order valence-electron chi connectivity index (χ0n) is 17.5. The predicted molar refractivity (Wildman–Crippen MR) is 125 cm³/mol. The Kier molecular flexibility index (Phi) is 6.84. The number of carbonyl (C=O) groups excluding carboxylic acids is 1. The number of nitrogens with zero attached hydrogens (tertiary/aromatic N) is 5. The molecule has 162 valence electrons. The molecule has 4 rings (SSSR count). The minimum Gasteiger partial charge on any atom is -0.444 e. The Morgan fingerprint density at radius 1 is 1.33 bits per heavy atom. The SMILES string of the molecule is CC(C)(C)OC(=O)N1CCN2C(NCc3cccc(-c4ncn[nH]4)c3)=NCC2C1.I. The number of aromatic nitrogens is 3. The molecule has 0 spiro atoms. The van der Waals surface area contributed by atoms with E-state index in [1.165, 1.54) is 6.33 Å². The van der Waals surface area contributed by atoms with Gasteiger partial charge in [0.2, 0.25) is 0 Å². The first kappa shape index (κ1) is 22.3. The summed E-state index contributed by atoms with van der Waals surface area (Å²) in [6.07, 6.45) is 1.26. The van der Waals surface area contributed by atoms with E-state index in [0.717, 1.165) is 29.5 Å². The summed E-state index contributed by atoms with van der Waals surface area (Å²) in [5, 5.41) is 10.2. The van der Waals surface area contributed by atoms with Crippen molar-refractivity contribution in [3.63, 3.8) is 0 Å². The van der Waals surface area contributed by atoms with Crippen LogP contribution < -0.4 is 5.32 Å². The van der Waals surface area contributed by atoms with Crippen molar-refractivity contribution in [2.24, 2.45) is 4.99 Å². The lowest BCUT2D eigenvalue weighted by Gasteiger charge is -2.39. The van der Waals surface area contributed by atoms with Crippen molar-refractivity contribution in [2.45, 2.75) is 39.0 Å². The largest absolute Gasteiger partial charge is 0.444 e. The molecular weight excluding hydrogens is 497 g/mol. The Balaban J connectivity index is 0.00000256. The number of amides is 1. The van der Waals surface area contributed by atoms with Crippen molar-refractivity contribution >= 4 is 36.0 Å². The van der Waals surface area contributed by atoms with E-state index in [1.807, 2.05) is 32.9 Å². The minimum atomic E-state index is -0.479. The van der Waals surface area contributed by atoms with Crippen LogP contribution in [0.5, 0.6) is 0 Å². The van der Waals surface area contributed by atoms with Gasteiger partial charge in [-0.2, -0.15) is 5.10 Å². The van der Waals surface area contributed by atoms with Crippen LogP contribution in [-0.4, -0.2) is 74.9 Å². The number of benzene rings is 1. The molecule has 1 aromatic heterocycles. The van der Waals surface area contributed by atoms with Gasteiger partial charge >= 0.3 is 6.09 Å². The van der Waals surface area contributed by atoms with Crippen molar-refractivity contribution < 1.29 is 9.53 Å². The van der Waals surface area contributed by atoms with Crippen LogP contribution >= 0.6 is 24.0 Å². The van der Waals surface area contributed by atoms with Crippen molar-refractivity contribution in [3.8, 4) is 11.4 Å². The predicted octanol–water partition coefficient (Wildman–Crippen LogP) is 2.47. The average molecular weight is 525 g/mol. The van der Waals surface area contributed by atoms with Gasteiger partial charge in [0.1, 0.15) is 11.9 Å². The normalized spacial score (nSPS) is 18.4. The molecule has 1 aromatic carbocycles. The fraction of sp³-hybridized carbons (Fsp3) is 0.500. The number of carbonyl (C=O) groups is 1. The van der Waals surface area contributed by atoms with E-state index in [4.69, 9.17) is 4.74 Å². The summed E-state index contributed by atoms with van der Waals surface area (Å²) in [4.78, 5) is 25.2. The summed E-state index contributed by atoms with van der Waals surface area (Å²) in [7, 11) is 0. The zero-order chi connectivity index (χ0) is 20.4. The van der Waals surface area contributed by atoms with Crippen LogP contribution in [0.15, 0.2) is 35.6 Å². The van der Waals surface area contributed by atoms with Gasteiger partial charge in [0.25, 0.3) is 0 Å². The molecule has 1 saturated heterocycles. The van der Waals surface area contributed by atoms with E-state index in [1.54, 1.807) is 4.90 Å². The van der Waals surface area contributed by atoms with Gasteiger partial charge < -0.3 is 19.9 Å². The monoisotopic (exact) mass is 525 g/mol. The molecule has 1 atom stereocenters. The van der Waals surface area contributed by atoms with Gasteiger partial charge in [0.05, 0.1) is 12.6 Å². The molecule has 3 heterocycles. The third kappa shape index (κ3) is 5.21. The number of aromatic amines is 1. The molecule has 10 heteroatoms. The maximum absolute atomic E-state index is 12.3. The molecule has 9 nitrogen and oxygen atoms in total. The summed E-state index contributed by atoms with van der Waals surface area (Å²) in [6, 6.07) is 8.36. The van der Waals surface area contributed by atoms with Gasteiger partial charge in [-0.15, -0.1) is 24.0 Å².